The number of nitrogens with zero attached hydrogens (tertiary/aromatic N) is 3. The van der Waals surface area contributed by atoms with Crippen LogP contribution in [0.25, 0.3) is 0 Å². The monoisotopic (exact) mass is 302 g/mol. The van der Waals surface area contributed by atoms with Gasteiger partial charge < -0.3 is 10.2 Å². The van der Waals surface area contributed by atoms with Crippen LogP contribution in [0.5, 0.6) is 0 Å². The fourth-order valence-electron chi connectivity index (χ4n) is 3.22. The summed E-state index contributed by atoms with van der Waals surface area (Å²) < 4.78 is 1.86. The van der Waals surface area contributed by atoms with Gasteiger partial charge in [0.15, 0.2) is 5.82 Å². The number of hydrogen-bond acceptors (Lipinski definition) is 3. The Hall–Kier alpha value is -2.11. The van der Waals surface area contributed by atoms with E-state index in [1.54, 1.807) is 6.07 Å². The molecule has 1 aromatic rings. The molecule has 2 amide bonds. The maximum Gasteiger partial charge on any atom is 0.226 e. The zero-order valence-electron chi connectivity index (χ0n) is 12.9. The van der Waals surface area contributed by atoms with Crippen molar-refractivity contribution in [3.05, 3.63) is 24.4 Å². The van der Waals surface area contributed by atoms with Crippen molar-refractivity contribution in [3.8, 4) is 0 Å². The van der Waals surface area contributed by atoms with Gasteiger partial charge in [0, 0.05) is 38.2 Å². The number of carbonyl (C=O) groups is 2. The van der Waals surface area contributed by atoms with Crippen LogP contribution in [0.4, 0.5) is 5.82 Å². The van der Waals surface area contributed by atoms with Crippen LogP contribution in [-0.4, -0.2) is 39.6 Å². The van der Waals surface area contributed by atoms with Crippen LogP contribution in [0.3, 0.4) is 0 Å². The summed E-state index contributed by atoms with van der Waals surface area (Å²) in [7, 11) is 0. The molecule has 1 N–H and O–H groups in total. The molecule has 118 valence electrons. The molecule has 2 heterocycles. The first-order chi connectivity index (χ1) is 10.6. The molecule has 1 aliphatic carbocycles. The standard InChI is InChI=1S/C16H22N4O2/c1-12(21)17-15-8-10-20(18-15)14-7-9-19(11-14)16(22)13-5-3-2-4-6-13/h2-3,8,10,13-14H,4-7,9,11H2,1H3,(H,17,18,21)/t13-,14-/m0/s1. The Kier molecular flexibility index (Phi) is 4.27. The third-order valence-corrected chi connectivity index (χ3v) is 4.38. The molecule has 1 aliphatic heterocycles. The molecule has 0 saturated carbocycles. The van der Waals surface area contributed by atoms with Crippen LogP contribution >= 0.6 is 0 Å². The number of allylic oxidation sites excluding steroid dienone is 2. The molecule has 3 rings (SSSR count). The molecule has 2 atom stereocenters. The predicted molar refractivity (Wildman–Crippen MR) is 83.2 cm³/mol. The Morgan fingerprint density at radius 3 is 2.91 bits per heavy atom. The van der Waals surface area contributed by atoms with E-state index >= 15 is 0 Å². The van der Waals surface area contributed by atoms with E-state index in [0.717, 1.165) is 32.2 Å². The van der Waals surface area contributed by atoms with Gasteiger partial charge in [-0.05, 0) is 25.7 Å². The van der Waals surface area contributed by atoms with Crippen molar-refractivity contribution in [2.75, 3.05) is 18.4 Å². The number of nitrogens with one attached hydrogen (secondary N) is 1. The molecule has 6 nitrogen and oxygen atoms in total. The lowest BCUT2D eigenvalue weighted by atomic mass is 9.93. The smallest absolute Gasteiger partial charge is 0.226 e. The number of aromatic nitrogens is 2. The van der Waals surface area contributed by atoms with Gasteiger partial charge in [-0.1, -0.05) is 12.2 Å². The van der Waals surface area contributed by atoms with E-state index in [0.29, 0.717) is 12.4 Å². The van der Waals surface area contributed by atoms with Crippen LogP contribution < -0.4 is 5.32 Å². The summed E-state index contributed by atoms with van der Waals surface area (Å²) in [6, 6.07) is 1.99. The summed E-state index contributed by atoms with van der Waals surface area (Å²) in [5.74, 6) is 0.867. The van der Waals surface area contributed by atoms with Crippen LogP contribution in [0.1, 0.15) is 38.6 Å². The first-order valence-electron chi connectivity index (χ1n) is 7.90. The second-order valence-corrected chi connectivity index (χ2v) is 6.07. The summed E-state index contributed by atoms with van der Waals surface area (Å²) in [4.78, 5) is 25.5. The number of amides is 2. The van der Waals surface area contributed by atoms with Crippen molar-refractivity contribution in [1.29, 1.82) is 0 Å². The maximum atomic E-state index is 12.5. The quantitative estimate of drug-likeness (QED) is 0.868. The highest BCUT2D eigenvalue weighted by Crippen LogP contribution is 2.27. The molecule has 0 bridgehead atoms. The highest BCUT2D eigenvalue weighted by Gasteiger charge is 2.31. The van der Waals surface area contributed by atoms with Crippen LogP contribution in [0.2, 0.25) is 0 Å². The van der Waals surface area contributed by atoms with E-state index in [9.17, 15) is 9.59 Å². The van der Waals surface area contributed by atoms with Crippen molar-refractivity contribution in [1.82, 2.24) is 14.7 Å². The Balaban J connectivity index is 1.59. The second kappa shape index (κ2) is 6.34. The van der Waals surface area contributed by atoms with Gasteiger partial charge in [0.1, 0.15) is 0 Å². The molecule has 2 aliphatic rings. The van der Waals surface area contributed by atoms with Crippen LogP contribution in [0, 0.1) is 5.92 Å². The summed E-state index contributed by atoms with van der Waals surface area (Å²) in [6.07, 6.45) is 9.89. The first-order valence-corrected chi connectivity index (χ1v) is 7.90. The molecule has 22 heavy (non-hydrogen) atoms. The molecular formula is C16H22N4O2. The molecule has 0 aromatic carbocycles. The van der Waals surface area contributed by atoms with Crippen molar-refractivity contribution in [2.45, 2.75) is 38.6 Å². The molecular weight excluding hydrogens is 280 g/mol. The average molecular weight is 302 g/mol. The van der Waals surface area contributed by atoms with E-state index in [1.807, 2.05) is 15.8 Å². The fourth-order valence-corrected chi connectivity index (χ4v) is 3.22. The topological polar surface area (TPSA) is 67.2 Å². The van der Waals surface area contributed by atoms with Gasteiger partial charge in [0.05, 0.1) is 6.04 Å². The van der Waals surface area contributed by atoms with Gasteiger partial charge in [-0.15, -0.1) is 0 Å². The first kappa shape index (κ1) is 14.8. The average Bonchev–Trinajstić information content (AvgIpc) is 3.15. The molecule has 1 aromatic heterocycles. The van der Waals surface area contributed by atoms with Gasteiger partial charge in [-0.25, -0.2) is 0 Å². The highest BCUT2D eigenvalue weighted by molar-refractivity contribution is 5.87. The molecule has 6 heteroatoms. The predicted octanol–water partition coefficient (Wildman–Crippen LogP) is 1.97. The lowest BCUT2D eigenvalue weighted by molar-refractivity contribution is -0.134. The minimum absolute atomic E-state index is 0.126. The van der Waals surface area contributed by atoms with Gasteiger partial charge in [0.2, 0.25) is 11.8 Å². The SMILES string of the molecule is CC(=O)Nc1ccn([C@H]2CCN(C(=O)[C@H]3CC=CCC3)C2)n1. The maximum absolute atomic E-state index is 12.5. The minimum atomic E-state index is -0.126. The molecule has 1 fully saturated rings. The summed E-state index contributed by atoms with van der Waals surface area (Å²) in [6.45, 7) is 2.97. The van der Waals surface area contributed by atoms with E-state index in [-0.39, 0.29) is 23.8 Å². The Labute approximate surface area is 130 Å². The van der Waals surface area contributed by atoms with E-state index < -0.39 is 0 Å². The number of likely N-dealkylation sites (tertiary alicyclic amines) is 1. The minimum Gasteiger partial charge on any atom is -0.340 e. The zero-order chi connectivity index (χ0) is 15.5. The Bertz CT molecular complexity index is 593. The summed E-state index contributed by atoms with van der Waals surface area (Å²) >= 11 is 0. The molecule has 0 unspecified atom stereocenters. The van der Waals surface area contributed by atoms with Crippen molar-refractivity contribution >= 4 is 17.6 Å². The Morgan fingerprint density at radius 2 is 2.18 bits per heavy atom. The highest BCUT2D eigenvalue weighted by atomic mass is 16.2. The van der Waals surface area contributed by atoms with E-state index in [2.05, 4.69) is 22.6 Å². The molecule has 0 radical (unpaired) electrons. The molecule has 0 spiro atoms. The number of hydrogen-bond donors (Lipinski definition) is 1. The zero-order valence-corrected chi connectivity index (χ0v) is 12.9. The van der Waals surface area contributed by atoms with Crippen molar-refractivity contribution < 1.29 is 9.59 Å². The second-order valence-electron chi connectivity index (χ2n) is 6.07. The number of anilines is 1. The number of carbonyl (C=O) groups excluding carboxylic acids is 2. The fraction of sp³-hybridized carbons (Fsp3) is 0.562. The van der Waals surface area contributed by atoms with Gasteiger partial charge >= 0.3 is 0 Å². The lowest BCUT2D eigenvalue weighted by Crippen LogP contribution is -2.35. The van der Waals surface area contributed by atoms with Crippen LogP contribution in [-0.2, 0) is 9.59 Å². The normalized spacial score (nSPS) is 24.5. The van der Waals surface area contributed by atoms with E-state index in [1.165, 1.54) is 6.92 Å². The van der Waals surface area contributed by atoms with Crippen LogP contribution in [0.15, 0.2) is 24.4 Å². The number of rotatable bonds is 3. The molecule has 1 saturated heterocycles. The lowest BCUT2D eigenvalue weighted by Gasteiger charge is -2.24. The summed E-state index contributed by atoms with van der Waals surface area (Å²) in [5, 5.41) is 7.05. The Morgan fingerprint density at radius 1 is 1.32 bits per heavy atom. The van der Waals surface area contributed by atoms with Gasteiger partial charge in [-0.2, -0.15) is 5.10 Å². The van der Waals surface area contributed by atoms with Gasteiger partial charge in [-0.3, -0.25) is 14.3 Å². The van der Waals surface area contributed by atoms with Crippen molar-refractivity contribution in [2.24, 2.45) is 5.92 Å². The third kappa shape index (κ3) is 3.21. The van der Waals surface area contributed by atoms with E-state index in [4.69, 9.17) is 0 Å². The third-order valence-electron chi connectivity index (χ3n) is 4.38. The van der Waals surface area contributed by atoms with Gasteiger partial charge in [0.25, 0.3) is 0 Å². The summed E-state index contributed by atoms with van der Waals surface area (Å²) in [5.41, 5.74) is 0. The largest absolute Gasteiger partial charge is 0.340 e. The van der Waals surface area contributed by atoms with Crippen molar-refractivity contribution in [3.63, 3.8) is 0 Å².